The van der Waals surface area contributed by atoms with Crippen molar-refractivity contribution in [2.24, 2.45) is 0 Å². The maximum Gasteiger partial charge on any atom is 0.321 e. The van der Waals surface area contributed by atoms with E-state index in [0.29, 0.717) is 21.8 Å². The predicted molar refractivity (Wildman–Crippen MR) is 111 cm³/mol. The Labute approximate surface area is 169 Å². The summed E-state index contributed by atoms with van der Waals surface area (Å²) in [6.45, 7) is 5.61. The molecule has 4 rings (SSSR count). The van der Waals surface area contributed by atoms with Crippen LogP contribution < -0.4 is 10.2 Å². The first kappa shape index (κ1) is 18.4. The third-order valence-electron chi connectivity index (χ3n) is 5.22. The topological polar surface area (TPSA) is 38.8 Å². The molecule has 7 heteroatoms. The average molecular weight is 405 g/mol. The van der Waals surface area contributed by atoms with Gasteiger partial charge in [0.05, 0.1) is 0 Å². The number of halogens is 2. The number of rotatable bonds is 3. The van der Waals surface area contributed by atoms with Crippen LogP contribution in [0.15, 0.2) is 48.5 Å². The summed E-state index contributed by atoms with van der Waals surface area (Å²) in [7, 11) is 0. The zero-order valence-corrected chi connectivity index (χ0v) is 16.5. The molecule has 5 nitrogen and oxygen atoms in total. The molecular weight excluding hydrogens is 383 g/mol. The van der Waals surface area contributed by atoms with Crippen molar-refractivity contribution in [3.63, 3.8) is 0 Å². The second-order valence-corrected chi connectivity index (χ2v) is 7.88. The van der Waals surface area contributed by atoms with Crippen molar-refractivity contribution in [1.82, 2.24) is 9.80 Å². The maximum absolute atomic E-state index is 12.4. The van der Waals surface area contributed by atoms with E-state index in [1.54, 1.807) is 18.2 Å². The van der Waals surface area contributed by atoms with Crippen molar-refractivity contribution in [2.75, 3.05) is 49.5 Å². The van der Waals surface area contributed by atoms with Gasteiger partial charge in [0.15, 0.2) is 0 Å². The fourth-order valence-electron chi connectivity index (χ4n) is 3.66. The minimum absolute atomic E-state index is 0.104. The molecule has 0 radical (unpaired) electrons. The average Bonchev–Trinajstić information content (AvgIpc) is 2.61. The van der Waals surface area contributed by atoms with Gasteiger partial charge in [0, 0.05) is 66.7 Å². The van der Waals surface area contributed by atoms with Crippen LogP contribution in [0, 0.1) is 0 Å². The van der Waals surface area contributed by atoms with E-state index >= 15 is 0 Å². The third-order valence-corrected chi connectivity index (χ3v) is 5.65. The van der Waals surface area contributed by atoms with Crippen molar-refractivity contribution < 1.29 is 4.79 Å². The molecule has 0 unspecified atom stereocenters. The van der Waals surface area contributed by atoms with Gasteiger partial charge < -0.3 is 15.1 Å². The van der Waals surface area contributed by atoms with Gasteiger partial charge in [-0.05, 0) is 30.3 Å². The Morgan fingerprint density at radius 1 is 0.926 bits per heavy atom. The van der Waals surface area contributed by atoms with Crippen LogP contribution in [-0.2, 0) is 0 Å². The second kappa shape index (κ2) is 7.97. The number of nitrogens with one attached hydrogen (secondary N) is 1. The minimum atomic E-state index is -0.104. The van der Waals surface area contributed by atoms with Crippen LogP contribution >= 0.6 is 23.2 Å². The molecule has 0 aromatic heterocycles. The summed E-state index contributed by atoms with van der Waals surface area (Å²) in [6, 6.07) is 15.9. The lowest BCUT2D eigenvalue weighted by Gasteiger charge is -2.48. The molecule has 1 N–H and O–H groups in total. The highest BCUT2D eigenvalue weighted by molar-refractivity contribution is 6.35. The molecule has 2 heterocycles. The van der Waals surface area contributed by atoms with Gasteiger partial charge in [0.2, 0.25) is 0 Å². The highest BCUT2D eigenvalue weighted by Gasteiger charge is 2.36. The van der Waals surface area contributed by atoms with Gasteiger partial charge in [-0.25, -0.2) is 4.79 Å². The van der Waals surface area contributed by atoms with Crippen molar-refractivity contribution in [3.8, 4) is 0 Å². The van der Waals surface area contributed by atoms with Crippen LogP contribution in [0.5, 0.6) is 0 Å². The Morgan fingerprint density at radius 2 is 1.56 bits per heavy atom. The predicted octanol–water partition coefficient (Wildman–Crippen LogP) is 4.03. The summed E-state index contributed by atoms with van der Waals surface area (Å²) in [6.07, 6.45) is 0. The van der Waals surface area contributed by atoms with Gasteiger partial charge in [-0.15, -0.1) is 0 Å². The molecule has 0 aliphatic carbocycles. The fraction of sp³-hybridized carbons (Fsp3) is 0.350. The lowest BCUT2D eigenvalue weighted by molar-refractivity contribution is 0.0578. The summed E-state index contributed by atoms with van der Waals surface area (Å²) in [4.78, 5) is 19.1. The lowest BCUT2D eigenvalue weighted by Crippen LogP contribution is -2.64. The van der Waals surface area contributed by atoms with Gasteiger partial charge in [0.25, 0.3) is 0 Å². The van der Waals surface area contributed by atoms with E-state index in [1.807, 2.05) is 11.0 Å². The zero-order chi connectivity index (χ0) is 18.8. The number of nitrogens with zero attached hydrogens (tertiary/aromatic N) is 3. The monoisotopic (exact) mass is 404 g/mol. The quantitative estimate of drug-likeness (QED) is 0.838. The van der Waals surface area contributed by atoms with Gasteiger partial charge in [-0.2, -0.15) is 0 Å². The number of amides is 2. The van der Waals surface area contributed by atoms with Crippen molar-refractivity contribution in [1.29, 1.82) is 0 Å². The SMILES string of the molecule is O=C(Nc1cc(Cl)cc(Cl)c1)N1CC(N2CCN(c3ccccc3)CC2)C1. The van der Waals surface area contributed by atoms with Crippen LogP contribution in [-0.4, -0.2) is 61.1 Å². The molecule has 27 heavy (non-hydrogen) atoms. The highest BCUT2D eigenvalue weighted by atomic mass is 35.5. The number of carbonyl (C=O) groups is 1. The zero-order valence-electron chi connectivity index (χ0n) is 14.9. The number of piperazine rings is 1. The van der Waals surface area contributed by atoms with Crippen LogP contribution in [0.2, 0.25) is 10.0 Å². The summed E-state index contributed by atoms with van der Waals surface area (Å²) >= 11 is 12.0. The number of para-hydroxylation sites is 1. The molecule has 2 aromatic rings. The molecule has 0 spiro atoms. The normalized spacial score (nSPS) is 18.3. The number of hydrogen-bond donors (Lipinski definition) is 1. The summed E-state index contributed by atoms with van der Waals surface area (Å²) < 4.78 is 0. The first-order valence-corrected chi connectivity index (χ1v) is 9.90. The Balaban J connectivity index is 1.24. The summed E-state index contributed by atoms with van der Waals surface area (Å²) in [5.41, 5.74) is 1.91. The number of hydrogen-bond acceptors (Lipinski definition) is 3. The molecule has 2 aliphatic heterocycles. The van der Waals surface area contributed by atoms with Crippen molar-refractivity contribution in [3.05, 3.63) is 58.6 Å². The summed E-state index contributed by atoms with van der Waals surface area (Å²) in [5, 5.41) is 3.89. The molecule has 0 atom stereocenters. The first-order chi connectivity index (χ1) is 13.1. The second-order valence-electron chi connectivity index (χ2n) is 7.01. The third kappa shape index (κ3) is 4.32. The van der Waals surface area contributed by atoms with E-state index in [9.17, 15) is 4.79 Å². The van der Waals surface area contributed by atoms with Crippen LogP contribution in [0.3, 0.4) is 0 Å². The summed E-state index contributed by atoms with van der Waals surface area (Å²) in [5.74, 6) is 0. The van der Waals surface area contributed by atoms with Crippen LogP contribution in [0.1, 0.15) is 0 Å². The van der Waals surface area contributed by atoms with Gasteiger partial charge in [-0.1, -0.05) is 41.4 Å². The molecule has 0 bridgehead atoms. The molecule has 0 saturated carbocycles. The Bertz CT molecular complexity index is 783. The fourth-order valence-corrected chi connectivity index (χ4v) is 4.19. The highest BCUT2D eigenvalue weighted by Crippen LogP contribution is 2.24. The number of carbonyl (C=O) groups excluding carboxylic acids is 1. The van der Waals surface area contributed by atoms with E-state index < -0.39 is 0 Å². The van der Waals surface area contributed by atoms with E-state index in [0.717, 1.165) is 39.3 Å². The Morgan fingerprint density at radius 3 is 2.19 bits per heavy atom. The van der Waals surface area contributed by atoms with E-state index in [-0.39, 0.29) is 6.03 Å². The Hall–Kier alpha value is -1.95. The molecule has 2 aliphatic rings. The van der Waals surface area contributed by atoms with E-state index in [1.165, 1.54) is 5.69 Å². The van der Waals surface area contributed by atoms with Crippen molar-refractivity contribution in [2.45, 2.75) is 6.04 Å². The molecule has 2 saturated heterocycles. The van der Waals surface area contributed by atoms with E-state index in [2.05, 4.69) is 39.4 Å². The number of urea groups is 1. The van der Waals surface area contributed by atoms with Gasteiger partial charge >= 0.3 is 6.03 Å². The Kier molecular flexibility index (Phi) is 5.43. The number of benzene rings is 2. The molecule has 2 fully saturated rings. The van der Waals surface area contributed by atoms with Gasteiger partial charge in [-0.3, -0.25) is 4.90 Å². The smallest absolute Gasteiger partial charge is 0.321 e. The van der Waals surface area contributed by atoms with Crippen LogP contribution in [0.25, 0.3) is 0 Å². The standard InChI is InChI=1S/C20H22Cl2N4O/c21-15-10-16(22)12-17(11-15)23-20(27)26-13-19(14-26)25-8-6-24(7-9-25)18-4-2-1-3-5-18/h1-5,10-12,19H,6-9,13-14H2,(H,23,27). The molecule has 2 aromatic carbocycles. The molecule has 142 valence electrons. The van der Waals surface area contributed by atoms with Crippen LogP contribution in [0.4, 0.5) is 16.2 Å². The number of likely N-dealkylation sites (tertiary alicyclic amines) is 1. The first-order valence-electron chi connectivity index (χ1n) is 9.14. The molecular formula is C20H22Cl2N4O. The van der Waals surface area contributed by atoms with Gasteiger partial charge in [0.1, 0.15) is 0 Å². The lowest BCUT2D eigenvalue weighted by atomic mass is 10.1. The minimum Gasteiger partial charge on any atom is -0.369 e. The largest absolute Gasteiger partial charge is 0.369 e. The maximum atomic E-state index is 12.4. The molecule has 2 amide bonds. The van der Waals surface area contributed by atoms with E-state index in [4.69, 9.17) is 23.2 Å². The number of anilines is 2. The van der Waals surface area contributed by atoms with Crippen molar-refractivity contribution >= 4 is 40.6 Å².